The van der Waals surface area contributed by atoms with E-state index in [4.69, 9.17) is 25.3 Å². The lowest BCUT2D eigenvalue weighted by molar-refractivity contribution is -0.199. The third-order valence-corrected chi connectivity index (χ3v) is 11.1. The van der Waals surface area contributed by atoms with E-state index in [0.717, 1.165) is 29.7 Å². The summed E-state index contributed by atoms with van der Waals surface area (Å²) in [7, 11) is -0.466. The zero-order chi connectivity index (χ0) is 24.1. The second-order valence-electron chi connectivity index (χ2n) is 12.8. The summed E-state index contributed by atoms with van der Waals surface area (Å²) in [5.74, 6) is 2.46. The molecule has 1 aromatic carbocycles. The normalized spacial score (nSPS) is 39.5. The lowest BCUT2D eigenvalue weighted by atomic mass is 9.43. The van der Waals surface area contributed by atoms with Crippen LogP contribution in [0.3, 0.4) is 0 Å². The van der Waals surface area contributed by atoms with Gasteiger partial charge in [-0.3, -0.25) is 4.79 Å². The van der Waals surface area contributed by atoms with Gasteiger partial charge < -0.3 is 19.0 Å². The number of carbonyl (C=O) groups is 1. The van der Waals surface area contributed by atoms with E-state index in [-0.39, 0.29) is 34.9 Å². The molecule has 5 saturated carbocycles. The number of nitrogens with one attached hydrogen (secondary N) is 1. The van der Waals surface area contributed by atoms with E-state index in [0.29, 0.717) is 34.8 Å². The predicted octanol–water partition coefficient (Wildman–Crippen LogP) is 5.82. The minimum absolute atomic E-state index is 0.0849. The van der Waals surface area contributed by atoms with E-state index in [1.165, 1.54) is 25.7 Å². The second kappa shape index (κ2) is 7.75. The van der Waals surface area contributed by atoms with E-state index in [2.05, 4.69) is 26.1 Å². The molecule has 1 aliphatic heterocycles. The molecule has 2 aromatic rings. The minimum atomic E-state index is -0.466. The van der Waals surface area contributed by atoms with Crippen molar-refractivity contribution in [3.8, 4) is 0 Å². The fourth-order valence-electron chi connectivity index (χ4n) is 8.61. The molecule has 8 rings (SSSR count). The molecule has 8 atom stereocenters. The van der Waals surface area contributed by atoms with Gasteiger partial charge in [0.25, 0.3) is 0 Å². The van der Waals surface area contributed by atoms with Gasteiger partial charge in [-0.15, -0.1) is 0 Å². The molecule has 4 bridgehead atoms. The molecular formula is C28H35BClNO4. The van der Waals surface area contributed by atoms with Crippen LogP contribution in [0.2, 0.25) is 5.02 Å². The fraction of sp³-hybridized carbons (Fsp3) is 0.679. The summed E-state index contributed by atoms with van der Waals surface area (Å²) in [4.78, 5) is 13.6. The predicted molar refractivity (Wildman–Crippen MR) is 136 cm³/mol. The molecular weight excluding hydrogens is 461 g/mol. The number of halogens is 1. The van der Waals surface area contributed by atoms with Gasteiger partial charge in [0.2, 0.25) is 5.91 Å². The molecule has 7 heteroatoms. The van der Waals surface area contributed by atoms with Crippen molar-refractivity contribution in [1.82, 2.24) is 5.32 Å². The van der Waals surface area contributed by atoms with Crippen molar-refractivity contribution in [2.24, 2.45) is 35.0 Å². The minimum Gasteiger partial charge on any atom is -0.462 e. The number of carbonyl (C=O) groups excluding carboxylic acids is 1. The Morgan fingerprint density at radius 2 is 2.06 bits per heavy atom. The first-order valence-corrected chi connectivity index (χ1v) is 13.9. The van der Waals surface area contributed by atoms with Gasteiger partial charge in [0.15, 0.2) is 5.58 Å². The molecule has 5 aliphatic carbocycles. The van der Waals surface area contributed by atoms with Crippen molar-refractivity contribution < 1.29 is 18.5 Å². The number of amides is 1. The lowest BCUT2D eigenvalue weighted by Gasteiger charge is -2.64. The highest BCUT2D eigenvalue weighted by Crippen LogP contribution is 2.65. The average molecular weight is 496 g/mol. The van der Waals surface area contributed by atoms with E-state index < -0.39 is 7.12 Å². The van der Waals surface area contributed by atoms with E-state index >= 15 is 0 Å². The number of rotatable bonds is 5. The Morgan fingerprint density at radius 1 is 1.20 bits per heavy atom. The molecule has 1 amide bonds. The van der Waals surface area contributed by atoms with E-state index in [1.54, 1.807) is 6.26 Å². The van der Waals surface area contributed by atoms with Crippen LogP contribution in [0.1, 0.15) is 64.9 Å². The number of para-hydroxylation sites is 1. The second-order valence-corrected chi connectivity index (χ2v) is 13.2. The quantitative estimate of drug-likeness (QED) is 0.531. The number of benzene rings is 1. The number of hydrogen-bond donors (Lipinski definition) is 1. The number of fused-ring (bicyclic) bond motifs is 3. The molecule has 1 aromatic heterocycles. The average Bonchev–Trinajstić information content (AvgIpc) is 3.60. The van der Waals surface area contributed by atoms with Crippen molar-refractivity contribution in [2.45, 2.75) is 83.4 Å². The lowest BCUT2D eigenvalue weighted by Crippen LogP contribution is -2.65. The zero-order valence-corrected chi connectivity index (χ0v) is 21.6. The van der Waals surface area contributed by atoms with Crippen LogP contribution in [0.5, 0.6) is 0 Å². The molecule has 1 saturated heterocycles. The molecule has 0 spiro atoms. The van der Waals surface area contributed by atoms with Gasteiger partial charge in [0.05, 0.1) is 28.9 Å². The van der Waals surface area contributed by atoms with Gasteiger partial charge in [-0.25, -0.2) is 0 Å². The van der Waals surface area contributed by atoms with Crippen molar-refractivity contribution in [2.75, 3.05) is 0 Å². The van der Waals surface area contributed by atoms with Crippen LogP contribution in [0.15, 0.2) is 28.9 Å². The Kier molecular flexibility index (Phi) is 5.03. The third kappa shape index (κ3) is 3.32. The maximum Gasteiger partial charge on any atom is 0.482 e. The van der Waals surface area contributed by atoms with Crippen molar-refractivity contribution >= 4 is 35.6 Å². The third-order valence-electron chi connectivity index (χ3n) is 10.8. The monoisotopic (exact) mass is 495 g/mol. The molecule has 35 heavy (non-hydrogen) atoms. The maximum absolute atomic E-state index is 13.6. The Morgan fingerprint density at radius 3 is 2.80 bits per heavy atom. The molecule has 6 aliphatic rings. The van der Waals surface area contributed by atoms with Crippen LogP contribution in [0.25, 0.3) is 11.0 Å². The highest BCUT2D eigenvalue weighted by molar-refractivity contribution is 6.48. The smallest absolute Gasteiger partial charge is 0.462 e. The van der Waals surface area contributed by atoms with Crippen LogP contribution in [-0.2, 0) is 20.5 Å². The molecule has 5 nitrogen and oxygen atoms in total. The fourth-order valence-corrected chi connectivity index (χ4v) is 8.83. The van der Waals surface area contributed by atoms with Gasteiger partial charge >= 0.3 is 7.12 Å². The Labute approximate surface area is 212 Å². The summed E-state index contributed by atoms with van der Waals surface area (Å²) in [6.45, 7) is 6.99. The number of furan rings is 1. The van der Waals surface area contributed by atoms with Crippen molar-refractivity contribution in [1.29, 1.82) is 0 Å². The van der Waals surface area contributed by atoms with E-state index in [9.17, 15) is 4.79 Å². The largest absolute Gasteiger partial charge is 0.482 e. The van der Waals surface area contributed by atoms with Crippen LogP contribution < -0.4 is 5.32 Å². The molecule has 186 valence electrons. The first-order valence-electron chi connectivity index (χ1n) is 13.5. The van der Waals surface area contributed by atoms with Crippen LogP contribution in [0.4, 0.5) is 0 Å². The van der Waals surface area contributed by atoms with Gasteiger partial charge in [-0.1, -0.05) is 44.0 Å². The molecule has 2 heterocycles. The zero-order valence-electron chi connectivity index (χ0n) is 20.9. The summed E-state index contributed by atoms with van der Waals surface area (Å²) < 4.78 is 19.3. The van der Waals surface area contributed by atoms with Crippen molar-refractivity contribution in [3.63, 3.8) is 0 Å². The van der Waals surface area contributed by atoms with Gasteiger partial charge in [-0.05, 0) is 86.2 Å². The van der Waals surface area contributed by atoms with Crippen LogP contribution in [0, 0.1) is 35.0 Å². The summed E-state index contributed by atoms with van der Waals surface area (Å²) in [6.07, 6.45) is 9.40. The first-order chi connectivity index (χ1) is 16.7. The SMILES string of the molecule is CC1(C)[C@@H]2C[C@H]3OB([C@H](Cc4coc5c(Cl)cccc45)NC(=O)[C@@H]4C[C@H]5CC[C@@H]4C5)O[C@@]3(C)[C@H]1C2. The van der Waals surface area contributed by atoms with Crippen LogP contribution >= 0.6 is 11.6 Å². The van der Waals surface area contributed by atoms with Gasteiger partial charge in [0, 0.05) is 11.3 Å². The van der Waals surface area contributed by atoms with E-state index in [1.807, 2.05) is 18.2 Å². The Bertz CT molecular complexity index is 1180. The molecule has 0 radical (unpaired) electrons. The molecule has 0 unspecified atom stereocenters. The topological polar surface area (TPSA) is 60.7 Å². The highest BCUT2D eigenvalue weighted by Gasteiger charge is 2.68. The summed E-state index contributed by atoms with van der Waals surface area (Å²) in [5.41, 5.74) is 1.69. The van der Waals surface area contributed by atoms with Crippen LogP contribution in [-0.4, -0.2) is 30.7 Å². The molecule has 6 fully saturated rings. The summed E-state index contributed by atoms with van der Waals surface area (Å²) in [5, 5.41) is 5.01. The Balaban J connectivity index is 1.17. The van der Waals surface area contributed by atoms with Crippen molar-refractivity contribution in [3.05, 3.63) is 35.0 Å². The number of hydrogen-bond acceptors (Lipinski definition) is 4. The maximum atomic E-state index is 13.6. The Hall–Kier alpha value is -1.50. The van der Waals surface area contributed by atoms with Gasteiger partial charge in [0.1, 0.15) is 0 Å². The van der Waals surface area contributed by atoms with Gasteiger partial charge in [-0.2, -0.15) is 0 Å². The molecule has 1 N–H and O–H groups in total. The first kappa shape index (κ1) is 22.7. The standard InChI is InChI=1S/C28H35BClNO4/c1-27(2)18-12-22(27)28(3)23(13-18)34-29(35-28)24(31-26(32)20-10-15-7-8-16(20)9-15)11-17-14-33-25-19(17)5-4-6-21(25)30/h4-6,14-16,18,20,22-24H,7-13H2,1-3H3,(H,31,32)/t15-,16+,18-,20+,22-,23+,24-,28-/m0/s1. The summed E-state index contributed by atoms with van der Waals surface area (Å²) in [6, 6.07) is 5.82. The highest BCUT2D eigenvalue weighted by atomic mass is 35.5. The summed E-state index contributed by atoms with van der Waals surface area (Å²) >= 11 is 6.38.